The van der Waals surface area contributed by atoms with E-state index >= 15 is 0 Å². The summed E-state index contributed by atoms with van der Waals surface area (Å²) in [6.07, 6.45) is 3.31. The fraction of sp³-hybridized carbons (Fsp3) is 0.891. The maximum atomic E-state index is 14.8. The van der Waals surface area contributed by atoms with Crippen molar-refractivity contribution in [2.45, 2.75) is 251 Å². The highest BCUT2D eigenvalue weighted by Crippen LogP contribution is 2.42. The number of ether oxygens (including phenoxy) is 8. The molecule has 18 nitrogen and oxygen atoms in total. The third-order valence-electron chi connectivity index (χ3n) is 16.1. The summed E-state index contributed by atoms with van der Waals surface area (Å²) in [4.78, 5) is 48.6. The topological polar surface area (TPSA) is 223 Å². The number of nitrogens with zero attached hydrogens (tertiary/aromatic N) is 2. The zero-order chi connectivity index (χ0) is 54.4. The molecular formula is C55H97N3O15. The van der Waals surface area contributed by atoms with Crippen LogP contribution >= 0.6 is 0 Å². The monoisotopic (exact) mass is 1040 g/mol. The molecule has 0 radical (unpaired) electrons. The van der Waals surface area contributed by atoms with Gasteiger partial charge < -0.3 is 68.3 Å². The molecule has 0 bridgehead atoms. The predicted octanol–water partition coefficient (Wildman–Crippen LogP) is 7.61. The molecule has 0 spiro atoms. The zero-order valence-electron chi connectivity index (χ0n) is 47.1. The number of likely N-dealkylation sites (N-methyl/N-ethyl adjacent to an activating group) is 1. The van der Waals surface area contributed by atoms with Gasteiger partial charge in [0.1, 0.15) is 23.9 Å². The van der Waals surface area contributed by atoms with Crippen molar-refractivity contribution >= 4 is 23.7 Å². The molecule has 4 aliphatic rings. The van der Waals surface area contributed by atoms with Crippen LogP contribution in [0.25, 0.3) is 0 Å². The average Bonchev–Trinajstić information content (AvgIpc) is 3.33. The quantitative estimate of drug-likeness (QED) is 0.0341. The number of methoxy groups -OCH3 is 1. The number of allylic oxidation sites excluding steroid dienone is 1. The lowest BCUT2D eigenvalue weighted by Crippen LogP contribution is -2.62. The van der Waals surface area contributed by atoms with E-state index in [9.17, 15) is 29.7 Å². The lowest BCUT2D eigenvalue weighted by Gasteiger charge is -2.49. The number of alkyl carbamates (subject to hydrolysis) is 1. The van der Waals surface area contributed by atoms with Crippen LogP contribution in [0.1, 0.15) is 167 Å². The fourth-order valence-corrected chi connectivity index (χ4v) is 11.8. The molecule has 4 fully saturated rings. The maximum Gasteiger partial charge on any atom is 0.407 e. The largest absolute Gasteiger partial charge is 0.459 e. The fourth-order valence-electron chi connectivity index (χ4n) is 11.8. The van der Waals surface area contributed by atoms with Gasteiger partial charge in [-0.2, -0.15) is 0 Å². The second-order valence-corrected chi connectivity index (χ2v) is 22.6. The van der Waals surface area contributed by atoms with Crippen LogP contribution in [0.15, 0.2) is 17.3 Å². The number of hydrogen-bond acceptors (Lipinski definition) is 17. The number of carbonyl (C=O) groups excluding carboxylic acids is 3. The number of esters is 2. The highest BCUT2D eigenvalue weighted by molar-refractivity contribution is 5.88. The average molecular weight is 1040 g/mol. The van der Waals surface area contributed by atoms with Gasteiger partial charge in [0, 0.05) is 44.8 Å². The Balaban J connectivity index is 1.87. The smallest absolute Gasteiger partial charge is 0.407 e. The zero-order valence-corrected chi connectivity index (χ0v) is 47.1. The van der Waals surface area contributed by atoms with E-state index in [0.717, 1.165) is 19.3 Å². The first-order valence-corrected chi connectivity index (χ1v) is 27.4. The second kappa shape index (κ2) is 28.4. The first-order chi connectivity index (χ1) is 34.3. The van der Waals surface area contributed by atoms with Gasteiger partial charge in [0.2, 0.25) is 0 Å². The highest BCUT2D eigenvalue weighted by Gasteiger charge is 2.55. The van der Waals surface area contributed by atoms with E-state index in [4.69, 9.17) is 42.7 Å². The van der Waals surface area contributed by atoms with Crippen LogP contribution in [-0.4, -0.2) is 163 Å². The van der Waals surface area contributed by atoms with Crippen LogP contribution in [0, 0.1) is 29.6 Å². The molecular weight excluding hydrogens is 943 g/mol. The van der Waals surface area contributed by atoms with Gasteiger partial charge in [-0.25, -0.2) is 4.79 Å². The number of carbonyl (C=O) groups is 3. The Bertz CT molecular complexity index is 1770. The minimum absolute atomic E-state index is 0.0202. The number of hydrogen-bond donors (Lipinski definition) is 4. The van der Waals surface area contributed by atoms with E-state index in [1.807, 2.05) is 51.9 Å². The lowest BCUT2D eigenvalue weighted by molar-refractivity contribution is -0.318. The van der Waals surface area contributed by atoms with E-state index in [-0.39, 0.29) is 31.4 Å². The second-order valence-electron chi connectivity index (χ2n) is 22.6. The lowest BCUT2D eigenvalue weighted by atomic mass is 9.73. The van der Waals surface area contributed by atoms with Crippen molar-refractivity contribution < 1.29 is 72.4 Å². The molecule has 0 aromatic heterocycles. The normalized spacial score (nSPS) is 40.2. The van der Waals surface area contributed by atoms with Crippen molar-refractivity contribution in [2.24, 2.45) is 34.7 Å². The molecule has 0 aromatic carbocycles. The first-order valence-electron chi connectivity index (χ1n) is 27.4. The van der Waals surface area contributed by atoms with E-state index < -0.39 is 114 Å². The number of rotatable bonds is 18. The van der Waals surface area contributed by atoms with Crippen molar-refractivity contribution in [3.05, 3.63) is 12.2 Å². The Morgan fingerprint density at radius 1 is 0.904 bits per heavy atom. The number of nitrogens with one attached hydrogen (secondary N) is 1. The number of oxime groups is 1. The van der Waals surface area contributed by atoms with Gasteiger partial charge in [0.25, 0.3) is 0 Å². The minimum atomic E-state index is -1.97. The van der Waals surface area contributed by atoms with E-state index in [0.29, 0.717) is 37.6 Å². The number of amides is 1. The molecule has 73 heavy (non-hydrogen) atoms. The van der Waals surface area contributed by atoms with Gasteiger partial charge in [-0.3, -0.25) is 9.59 Å². The predicted molar refractivity (Wildman–Crippen MR) is 276 cm³/mol. The van der Waals surface area contributed by atoms with Crippen LogP contribution in [0.2, 0.25) is 0 Å². The van der Waals surface area contributed by atoms with Crippen LogP contribution < -0.4 is 5.32 Å². The van der Waals surface area contributed by atoms with Crippen LogP contribution in [0.5, 0.6) is 0 Å². The number of cyclic esters (lactones) is 1. The maximum absolute atomic E-state index is 14.8. The Morgan fingerprint density at radius 3 is 2.21 bits per heavy atom. The molecule has 1 aliphatic carbocycles. The summed E-state index contributed by atoms with van der Waals surface area (Å²) >= 11 is 0. The molecule has 422 valence electrons. The molecule has 0 aromatic rings. The van der Waals surface area contributed by atoms with Crippen molar-refractivity contribution in [3.63, 3.8) is 0 Å². The summed E-state index contributed by atoms with van der Waals surface area (Å²) in [5.74, 6) is -4.06. The van der Waals surface area contributed by atoms with E-state index in [1.165, 1.54) is 53.1 Å². The van der Waals surface area contributed by atoms with Crippen LogP contribution in [0.4, 0.5) is 4.79 Å². The third-order valence-corrected chi connectivity index (χ3v) is 16.1. The Morgan fingerprint density at radius 2 is 1.59 bits per heavy atom. The van der Waals surface area contributed by atoms with Crippen molar-refractivity contribution in [2.75, 3.05) is 34.4 Å². The van der Waals surface area contributed by atoms with Gasteiger partial charge in [-0.15, -0.1) is 0 Å². The van der Waals surface area contributed by atoms with Gasteiger partial charge in [0.05, 0.1) is 53.8 Å². The molecule has 18 heteroatoms. The van der Waals surface area contributed by atoms with Gasteiger partial charge >= 0.3 is 18.0 Å². The Labute approximate surface area is 437 Å². The summed E-state index contributed by atoms with van der Waals surface area (Å²) in [5, 5.41) is 45.3. The molecule has 1 amide bonds. The molecule has 4 N–H and O–H groups in total. The molecule has 3 aliphatic heterocycles. The van der Waals surface area contributed by atoms with Gasteiger partial charge in [-0.05, 0) is 107 Å². The summed E-state index contributed by atoms with van der Waals surface area (Å²) < 4.78 is 51.2. The Kier molecular flexibility index (Phi) is 24.4. The summed E-state index contributed by atoms with van der Waals surface area (Å²) in [7, 11) is 5.30. The van der Waals surface area contributed by atoms with Crippen LogP contribution in [0.3, 0.4) is 0 Å². The molecule has 3 heterocycles. The van der Waals surface area contributed by atoms with E-state index in [2.05, 4.69) is 10.5 Å². The summed E-state index contributed by atoms with van der Waals surface area (Å²) in [6, 6.07) is -0.373. The SMILES string of the molecule is CC/C=C/CCNC(=O)O[C@H]1C(O[C@@H]2[C@@H](C)[C@H](O[C@H]3C[C@@](C)(OC)[C@@H](OC(C)=O)[C@H](C)O3)[C@@H](C)C(=O)O[C@@H](CC)[C@@](C)(O)[C@H](O)[C@H](C)/C(=N/OCCCC3CCCCC3)[C@H](C)CC2(C)O)O[C@H](C)C[C@@H]1N(C)C. The summed E-state index contributed by atoms with van der Waals surface area (Å²) in [5.41, 5.74) is -4.47. The van der Waals surface area contributed by atoms with E-state index in [1.54, 1.807) is 48.5 Å². The van der Waals surface area contributed by atoms with Gasteiger partial charge in [-0.1, -0.05) is 84.0 Å². The van der Waals surface area contributed by atoms with Crippen LogP contribution in [-0.2, 0) is 52.3 Å². The third kappa shape index (κ3) is 17.0. The minimum Gasteiger partial charge on any atom is -0.459 e. The number of aliphatic hydroxyl groups is 3. The van der Waals surface area contributed by atoms with Crippen molar-refractivity contribution in [3.8, 4) is 0 Å². The van der Waals surface area contributed by atoms with Gasteiger partial charge in [0.15, 0.2) is 24.8 Å². The molecule has 4 rings (SSSR count). The molecule has 18 atom stereocenters. The first kappa shape index (κ1) is 62.6. The molecule has 1 saturated carbocycles. The van der Waals surface area contributed by atoms with Crippen molar-refractivity contribution in [1.29, 1.82) is 0 Å². The summed E-state index contributed by atoms with van der Waals surface area (Å²) in [6.45, 7) is 21.4. The Hall–Kier alpha value is -2.94. The number of aliphatic hydroxyl groups excluding tert-OH is 1. The standard InChI is InChI=1S/C55H97N3O15/c1-16-18-19-23-28-56-52(62)72-46-41(58(13)14)30-34(4)67-51(46)73-48-36(6)45(71-43-32-54(11,65-15)49(38(8)68-43)69-39(9)59)37(7)50(61)70-42(17-2)55(12,64)47(60)35(5)44(33(3)31-53(48,10)63)57-66-29-24-27-40-25-21-20-22-26-40/h18-19,33-38,40-43,45-49,51,60,63-64H,16-17,20-32H2,1-15H3,(H,56,62)/b19-18+,57-44+/t33-,34-,35-,36+,37-,38+,41+,42+,43+,45+,46-,47-,48-,49+,51?,53?,54-,55-/m1/s1. The molecule has 2 unspecified atom stereocenters. The highest BCUT2D eigenvalue weighted by atomic mass is 16.7. The molecule has 3 saturated heterocycles. The van der Waals surface area contributed by atoms with Crippen molar-refractivity contribution in [1.82, 2.24) is 10.2 Å².